The van der Waals surface area contributed by atoms with Gasteiger partial charge in [-0.15, -0.1) is 0 Å². The fourth-order valence-electron chi connectivity index (χ4n) is 0.748. The molecule has 0 aromatic rings. The third-order valence-electron chi connectivity index (χ3n) is 1.69. The maximum absolute atomic E-state index is 11.0. The van der Waals surface area contributed by atoms with E-state index < -0.39 is 8.25 Å². The molecule has 5 nitrogen and oxygen atoms in total. The van der Waals surface area contributed by atoms with Crippen LogP contribution in [-0.2, 0) is 23.1 Å². The Kier molecular flexibility index (Phi) is 2.14. The highest BCUT2D eigenvalue weighted by Gasteiger charge is 2.50. The summed E-state index contributed by atoms with van der Waals surface area (Å²) in [4.78, 5) is 0. The zero-order valence-corrected chi connectivity index (χ0v) is 7.69. The van der Waals surface area contributed by atoms with E-state index in [1.165, 1.54) is 0 Å². The lowest BCUT2D eigenvalue weighted by atomic mass is 10.5. The Balaban J connectivity index is 1.64. The van der Waals surface area contributed by atoms with Gasteiger partial charge in [0.15, 0.2) is 0 Å². The van der Waals surface area contributed by atoms with Crippen molar-refractivity contribution in [3.63, 3.8) is 0 Å². The van der Waals surface area contributed by atoms with Gasteiger partial charge in [-0.1, -0.05) is 9.05 Å². The molecule has 2 saturated heterocycles. The van der Waals surface area contributed by atoms with E-state index in [1.807, 2.05) is 13.8 Å². The molecule has 0 spiro atoms. The van der Waals surface area contributed by atoms with Crippen molar-refractivity contribution in [2.45, 2.75) is 38.6 Å². The van der Waals surface area contributed by atoms with Crippen LogP contribution in [0.3, 0.4) is 0 Å². The van der Waals surface area contributed by atoms with Crippen LogP contribution in [0.4, 0.5) is 0 Å². The molecule has 2 aliphatic heterocycles. The van der Waals surface area contributed by atoms with Gasteiger partial charge in [-0.2, -0.15) is 0 Å². The van der Waals surface area contributed by atoms with E-state index in [4.69, 9.17) is 18.5 Å². The standard InChI is InChI=1S/C6H10O5P/c1-3-5(8-3)10-12(7)11-6-4(2)9-6/h3-6H,1-2H3/q+1/t3-,4-,5+,6+/m1/s1. The molecule has 0 unspecified atom stereocenters. The summed E-state index contributed by atoms with van der Waals surface area (Å²) >= 11 is 0. The molecule has 0 aliphatic carbocycles. The Morgan fingerprint density at radius 2 is 1.42 bits per heavy atom. The quantitative estimate of drug-likeness (QED) is 0.495. The molecule has 0 aromatic carbocycles. The van der Waals surface area contributed by atoms with Gasteiger partial charge in [-0.25, -0.2) is 0 Å². The first-order valence-corrected chi connectivity index (χ1v) is 4.88. The van der Waals surface area contributed by atoms with E-state index in [-0.39, 0.29) is 24.8 Å². The molecule has 0 aromatic heterocycles. The average Bonchev–Trinajstić information content (AvgIpc) is 2.80. The molecule has 0 N–H and O–H groups in total. The number of epoxide rings is 2. The minimum atomic E-state index is -2.09. The molecule has 0 saturated carbocycles. The molecule has 12 heavy (non-hydrogen) atoms. The fraction of sp³-hybridized carbons (Fsp3) is 1.00. The zero-order valence-electron chi connectivity index (χ0n) is 6.80. The van der Waals surface area contributed by atoms with E-state index in [0.29, 0.717) is 0 Å². The van der Waals surface area contributed by atoms with Crippen molar-refractivity contribution < 1.29 is 23.1 Å². The predicted molar refractivity (Wildman–Crippen MR) is 38.4 cm³/mol. The number of rotatable bonds is 4. The average molecular weight is 193 g/mol. The summed E-state index contributed by atoms with van der Waals surface area (Å²) in [6.45, 7) is 3.67. The lowest BCUT2D eigenvalue weighted by molar-refractivity contribution is 0.117. The molecule has 2 rings (SSSR count). The van der Waals surface area contributed by atoms with Crippen LogP contribution in [0.2, 0.25) is 0 Å². The molecular formula is C6H10O5P+. The van der Waals surface area contributed by atoms with Gasteiger partial charge < -0.3 is 9.47 Å². The van der Waals surface area contributed by atoms with Crippen molar-refractivity contribution >= 4 is 8.25 Å². The number of ether oxygens (including phenoxy) is 2. The van der Waals surface area contributed by atoms with Gasteiger partial charge in [0.25, 0.3) is 0 Å². The third-order valence-corrected chi connectivity index (χ3v) is 2.45. The second-order valence-electron chi connectivity index (χ2n) is 2.85. The SMILES string of the molecule is C[C@H]1O[C@H]1O[P+](=O)O[C@@H]1O[C@@H]1C. The first-order chi connectivity index (χ1) is 5.66. The van der Waals surface area contributed by atoms with Gasteiger partial charge in [0, 0.05) is 4.57 Å². The molecule has 4 atom stereocenters. The van der Waals surface area contributed by atoms with E-state index in [1.54, 1.807) is 0 Å². The van der Waals surface area contributed by atoms with Crippen molar-refractivity contribution in [2.24, 2.45) is 0 Å². The molecule has 2 aliphatic rings. The summed E-state index contributed by atoms with van der Waals surface area (Å²) in [5.41, 5.74) is 0. The first-order valence-electron chi connectivity index (χ1n) is 3.78. The summed E-state index contributed by atoms with van der Waals surface area (Å²) in [7, 11) is -2.09. The van der Waals surface area contributed by atoms with Crippen LogP contribution in [0.5, 0.6) is 0 Å². The zero-order chi connectivity index (χ0) is 8.72. The van der Waals surface area contributed by atoms with Crippen LogP contribution in [0, 0.1) is 0 Å². The van der Waals surface area contributed by atoms with Crippen molar-refractivity contribution in [2.75, 3.05) is 0 Å². The van der Waals surface area contributed by atoms with Gasteiger partial charge in [-0.3, -0.25) is 0 Å². The summed E-state index contributed by atoms with van der Waals surface area (Å²) in [5, 5.41) is 0. The predicted octanol–water partition coefficient (Wildman–Crippen LogP) is 1.17. The summed E-state index contributed by atoms with van der Waals surface area (Å²) in [5.74, 6) is 0. The van der Waals surface area contributed by atoms with Crippen molar-refractivity contribution in [1.82, 2.24) is 0 Å². The summed E-state index contributed by atoms with van der Waals surface area (Å²) in [6, 6.07) is 0. The Bertz CT molecular complexity index is 188. The molecule has 68 valence electrons. The lowest BCUT2D eigenvalue weighted by Crippen LogP contribution is -1.95. The maximum Gasteiger partial charge on any atom is 0.703 e. The van der Waals surface area contributed by atoms with Crippen LogP contribution >= 0.6 is 8.25 Å². The smallest absolute Gasteiger partial charge is 0.338 e. The normalized spacial score (nSPS) is 44.2. The molecule has 2 fully saturated rings. The van der Waals surface area contributed by atoms with Gasteiger partial charge in [0.2, 0.25) is 12.6 Å². The molecule has 0 radical (unpaired) electrons. The Hall–Kier alpha value is -0.0600. The summed E-state index contributed by atoms with van der Waals surface area (Å²) in [6.07, 6.45) is -0.652. The van der Waals surface area contributed by atoms with Crippen LogP contribution in [0.15, 0.2) is 0 Å². The molecule has 0 amide bonds. The second-order valence-corrected chi connectivity index (χ2v) is 3.72. The summed E-state index contributed by atoms with van der Waals surface area (Å²) < 4.78 is 30.5. The second kappa shape index (κ2) is 3.01. The van der Waals surface area contributed by atoms with Crippen LogP contribution in [0.25, 0.3) is 0 Å². The fourth-order valence-corrected chi connectivity index (χ4v) is 1.58. The topological polar surface area (TPSA) is 60.6 Å². The van der Waals surface area contributed by atoms with Gasteiger partial charge in [0.1, 0.15) is 12.2 Å². The van der Waals surface area contributed by atoms with E-state index >= 15 is 0 Å². The Morgan fingerprint density at radius 1 is 1.08 bits per heavy atom. The molecule has 0 bridgehead atoms. The maximum atomic E-state index is 11.0. The van der Waals surface area contributed by atoms with Crippen LogP contribution in [0.1, 0.15) is 13.8 Å². The Morgan fingerprint density at radius 3 is 1.67 bits per heavy atom. The highest BCUT2D eigenvalue weighted by molar-refractivity contribution is 7.33. The van der Waals surface area contributed by atoms with E-state index in [2.05, 4.69) is 0 Å². The molecule has 2 heterocycles. The molecular weight excluding hydrogens is 183 g/mol. The largest absolute Gasteiger partial charge is 0.703 e. The van der Waals surface area contributed by atoms with Gasteiger partial charge in [0.05, 0.1) is 0 Å². The van der Waals surface area contributed by atoms with Gasteiger partial charge >= 0.3 is 8.25 Å². The number of hydrogen-bond donors (Lipinski definition) is 0. The minimum Gasteiger partial charge on any atom is -0.338 e. The lowest BCUT2D eigenvalue weighted by Gasteiger charge is -1.80. The van der Waals surface area contributed by atoms with Crippen molar-refractivity contribution in [1.29, 1.82) is 0 Å². The van der Waals surface area contributed by atoms with Crippen LogP contribution in [-0.4, -0.2) is 24.8 Å². The van der Waals surface area contributed by atoms with Gasteiger partial charge in [-0.05, 0) is 13.8 Å². The van der Waals surface area contributed by atoms with E-state index in [9.17, 15) is 4.57 Å². The van der Waals surface area contributed by atoms with Crippen LogP contribution < -0.4 is 0 Å². The Labute approximate surface area is 70.9 Å². The third kappa shape index (κ3) is 2.00. The highest BCUT2D eigenvalue weighted by atomic mass is 31.1. The molecule has 6 heteroatoms. The number of hydrogen-bond acceptors (Lipinski definition) is 5. The first kappa shape index (κ1) is 8.53. The van der Waals surface area contributed by atoms with Crippen molar-refractivity contribution in [3.8, 4) is 0 Å². The van der Waals surface area contributed by atoms with Crippen molar-refractivity contribution in [3.05, 3.63) is 0 Å². The minimum absolute atomic E-state index is 0.0325. The van der Waals surface area contributed by atoms with E-state index in [0.717, 1.165) is 0 Å². The highest BCUT2D eigenvalue weighted by Crippen LogP contribution is 2.40. The monoisotopic (exact) mass is 193 g/mol.